The van der Waals surface area contributed by atoms with Crippen LogP contribution in [0.5, 0.6) is 0 Å². The van der Waals surface area contributed by atoms with E-state index in [1.165, 1.54) is 16.5 Å². The van der Waals surface area contributed by atoms with Crippen LogP contribution in [-0.4, -0.2) is 19.5 Å². The van der Waals surface area contributed by atoms with Gasteiger partial charge in [-0.3, -0.25) is 0 Å². The van der Waals surface area contributed by atoms with Gasteiger partial charge in [0.2, 0.25) is 5.52 Å². The van der Waals surface area contributed by atoms with Crippen LogP contribution in [0.2, 0.25) is 0 Å². The third-order valence-electron chi connectivity index (χ3n) is 2.98. The summed E-state index contributed by atoms with van der Waals surface area (Å²) in [7, 11) is 0. The van der Waals surface area contributed by atoms with Crippen LogP contribution >= 0.6 is 0 Å². The fraction of sp³-hybridized carbons (Fsp3) is 0.0625. The minimum absolute atomic E-state index is 0.919. The van der Waals surface area contributed by atoms with E-state index in [2.05, 4.69) is 77.5 Å². The van der Waals surface area contributed by atoms with Crippen LogP contribution in [0.4, 0.5) is 16.9 Å². The van der Waals surface area contributed by atoms with Gasteiger partial charge < -0.3 is 0 Å². The molecule has 0 aliphatic heterocycles. The Morgan fingerprint density at radius 2 is 1.17 bits per heavy atom. The summed E-state index contributed by atoms with van der Waals surface area (Å²) in [5.74, 6) is 0. The summed E-state index contributed by atoms with van der Waals surface area (Å²) in [5.41, 5.74) is 2.60. The average Bonchev–Trinajstić information content (AvgIpc) is 2.46. The summed E-state index contributed by atoms with van der Waals surface area (Å²) in [6, 6.07) is 23.3. The molecule has 8 heteroatoms. The van der Waals surface area contributed by atoms with Crippen molar-refractivity contribution in [2.75, 3.05) is 0 Å². The molecule has 0 spiro atoms. The normalized spacial score (nSPS) is 14.2. The molecule has 0 saturated heterocycles. The number of rotatable bonds is 2. The molecule has 0 N–H and O–H groups in total. The third kappa shape index (κ3) is 7.68. The molecule has 24 heavy (non-hydrogen) atoms. The monoisotopic (exact) mass is 455 g/mol. The van der Waals surface area contributed by atoms with Crippen molar-refractivity contribution in [1.82, 2.24) is 0 Å². The Hall–Kier alpha value is -1.75. The van der Waals surface area contributed by atoms with Gasteiger partial charge in [0.1, 0.15) is 0 Å². The second kappa shape index (κ2) is 5.95. The van der Waals surface area contributed by atoms with Gasteiger partial charge in [-0.25, -0.2) is 0 Å². The summed E-state index contributed by atoms with van der Waals surface area (Å²) in [6.07, 6.45) is 2.13. The van der Waals surface area contributed by atoms with E-state index in [1.807, 2.05) is 0 Å². The third-order valence-corrected chi connectivity index (χ3v) is 2.98. The molecule has 0 radical (unpaired) electrons. The zero-order chi connectivity index (χ0) is 17.9. The van der Waals surface area contributed by atoms with Gasteiger partial charge in [0, 0.05) is 23.1 Å². The van der Waals surface area contributed by atoms with E-state index < -0.39 is 19.5 Å². The number of hydrogen-bond donors (Lipinski definition) is 0. The molecule has 0 atom stereocenters. The van der Waals surface area contributed by atoms with E-state index in [0.29, 0.717) is 0 Å². The predicted octanol–water partition coefficient (Wildman–Crippen LogP) is 5.32. The van der Waals surface area contributed by atoms with Gasteiger partial charge in [0.25, 0.3) is 0 Å². The predicted molar refractivity (Wildman–Crippen MR) is 82.1 cm³/mol. The fourth-order valence-electron chi connectivity index (χ4n) is 2.14. The van der Waals surface area contributed by atoms with Crippen LogP contribution in [0.1, 0.15) is 5.56 Å². The van der Waals surface area contributed by atoms with Crippen LogP contribution < -0.4 is 4.57 Å². The Bertz CT molecular complexity index is 815. The van der Waals surface area contributed by atoms with E-state index in [0.717, 1.165) is 6.54 Å². The summed E-state index contributed by atoms with van der Waals surface area (Å²) in [5, 5.41) is 1.28. The smallest absolute Gasteiger partial charge is 0.194 e. The van der Waals surface area contributed by atoms with Crippen molar-refractivity contribution in [1.29, 1.82) is 0 Å². The zero-order valence-corrected chi connectivity index (χ0v) is 14.9. The molecule has 0 unspecified atom stereocenters. The first kappa shape index (κ1) is 18.6. The van der Waals surface area contributed by atoms with Crippen molar-refractivity contribution >= 4 is 30.4 Å². The van der Waals surface area contributed by atoms with Crippen molar-refractivity contribution in [2.24, 2.45) is 0 Å². The van der Waals surface area contributed by atoms with Crippen molar-refractivity contribution in [3.63, 3.8) is 0 Å². The maximum Gasteiger partial charge on any atom is 0.212 e. The summed E-state index contributed by atoms with van der Waals surface area (Å²) < 4.78 is 61.8. The molecule has 0 amide bonds. The number of aromatic nitrogens is 1. The van der Waals surface area contributed by atoms with Crippen LogP contribution in [0, 0.1) is 0 Å². The van der Waals surface area contributed by atoms with Crippen LogP contribution in [0.25, 0.3) is 10.9 Å². The maximum atomic E-state index is 9.93. The number of benzene rings is 2. The van der Waals surface area contributed by atoms with Crippen LogP contribution in [-0.2, 0) is 6.54 Å². The van der Waals surface area contributed by atoms with Crippen molar-refractivity contribution < 1.29 is 21.4 Å². The number of fused-ring (bicyclic) bond motifs is 1. The molecular weight excluding hydrogens is 442 g/mol. The van der Waals surface area contributed by atoms with Gasteiger partial charge in [-0.1, -0.05) is 42.5 Å². The molecule has 130 valence electrons. The largest absolute Gasteiger partial charge is 0.212 e. The second-order valence-electron chi connectivity index (χ2n) is 5.14. The first-order valence-electron chi connectivity index (χ1n) is 6.86. The number of pyridine rings is 1. The van der Waals surface area contributed by atoms with Gasteiger partial charge in [-0.05, 0) is 12.1 Å². The molecule has 2 aromatic carbocycles. The standard InChI is InChI=1S/C16H14N.6FH.Sb/c1-2-7-14(8-3-1)13-17-12-6-10-15-9-4-5-11-16(15)17;;;;;;;/h1-12H,13H2;6*1H;/q+1;;;;;;;+5/p-6. The summed E-state index contributed by atoms with van der Waals surface area (Å²) >= 11 is -11.2. The molecule has 0 aliphatic rings. The Labute approximate surface area is 137 Å². The molecule has 3 aromatic rings. The molecule has 0 fully saturated rings. The minimum atomic E-state index is -11.2. The van der Waals surface area contributed by atoms with Gasteiger partial charge in [0.05, 0.1) is 0 Å². The van der Waals surface area contributed by atoms with E-state index in [4.69, 9.17) is 0 Å². The van der Waals surface area contributed by atoms with Gasteiger partial charge in [-0.2, -0.15) is 4.57 Å². The van der Waals surface area contributed by atoms with Gasteiger partial charge in [0.15, 0.2) is 12.7 Å². The Balaban J connectivity index is 0.000000256. The summed E-state index contributed by atoms with van der Waals surface area (Å²) in [6.45, 7) is 0.919. The Kier molecular flexibility index (Phi) is 4.61. The first-order chi connectivity index (χ1) is 10.9. The number of hydrogen-bond acceptors (Lipinski definition) is 0. The SMILES string of the molecule is [F][Sb-]([F])([F])([F])([F])[F].c1ccc(C[n+]2cccc3ccccc32)cc1. The van der Waals surface area contributed by atoms with E-state index in [9.17, 15) is 16.9 Å². The minimum Gasteiger partial charge on any atom is -0.194 e. The second-order valence-corrected chi connectivity index (χ2v) is 10.6. The van der Waals surface area contributed by atoms with Crippen LogP contribution in [0.15, 0.2) is 72.9 Å². The van der Waals surface area contributed by atoms with E-state index in [-0.39, 0.29) is 0 Å². The molecule has 0 bridgehead atoms. The van der Waals surface area contributed by atoms with Crippen LogP contribution in [0.3, 0.4) is 0 Å². The van der Waals surface area contributed by atoms with Crippen molar-refractivity contribution in [2.45, 2.75) is 6.54 Å². The van der Waals surface area contributed by atoms with Gasteiger partial charge >= 0.3 is 36.4 Å². The Morgan fingerprint density at radius 3 is 1.79 bits per heavy atom. The first-order valence-corrected chi connectivity index (χ1v) is 12.6. The molecule has 3 rings (SSSR count). The molecule has 0 aliphatic carbocycles. The van der Waals surface area contributed by atoms with Crippen molar-refractivity contribution in [3.05, 3.63) is 78.5 Å². The molecular formula is C16H14F6NSb. The fourth-order valence-corrected chi connectivity index (χ4v) is 2.14. The van der Waals surface area contributed by atoms with E-state index >= 15 is 0 Å². The molecule has 1 aromatic heterocycles. The number of para-hydroxylation sites is 1. The van der Waals surface area contributed by atoms with Gasteiger partial charge in [-0.15, -0.1) is 0 Å². The number of halogens is 6. The van der Waals surface area contributed by atoms with Crippen molar-refractivity contribution in [3.8, 4) is 0 Å². The Morgan fingerprint density at radius 1 is 0.667 bits per heavy atom. The quantitative estimate of drug-likeness (QED) is 0.280. The molecule has 1 heterocycles. The maximum absolute atomic E-state index is 11.2. The topological polar surface area (TPSA) is 3.88 Å². The number of nitrogens with zero attached hydrogens (tertiary/aromatic N) is 1. The molecule has 1 nitrogen and oxygen atoms in total. The molecule has 0 saturated carbocycles. The summed E-state index contributed by atoms with van der Waals surface area (Å²) in [4.78, 5) is 0. The van der Waals surface area contributed by atoms with E-state index in [1.54, 1.807) is 0 Å². The zero-order valence-electron chi connectivity index (χ0n) is 12.3. The average molecular weight is 456 g/mol.